The topological polar surface area (TPSA) is 96.3 Å². The summed E-state index contributed by atoms with van der Waals surface area (Å²) in [5.41, 5.74) is -1.19. The fourth-order valence-corrected chi connectivity index (χ4v) is 2.75. The Labute approximate surface area is 138 Å². The van der Waals surface area contributed by atoms with E-state index in [1.54, 1.807) is 13.2 Å². The standard InChI is InChI=1S/C17H17NO6/c1-23-13-4-2-12-7-14(5-3-11(12)6-13)24-10-17(15(19)20)8-18(9-17)16(21)22/h2-7H,8-10H2,1H3,(H,19,20)(H,21,22). The molecule has 0 aliphatic carbocycles. The molecule has 3 rings (SSSR count). The van der Waals surface area contributed by atoms with Gasteiger partial charge in [-0.25, -0.2) is 4.79 Å². The highest BCUT2D eigenvalue weighted by molar-refractivity contribution is 5.85. The molecule has 1 saturated heterocycles. The molecule has 2 aromatic rings. The van der Waals surface area contributed by atoms with E-state index in [9.17, 15) is 14.7 Å². The molecule has 1 heterocycles. The molecule has 0 saturated carbocycles. The molecule has 0 atom stereocenters. The van der Waals surface area contributed by atoms with Crippen molar-refractivity contribution >= 4 is 22.8 Å². The van der Waals surface area contributed by atoms with E-state index in [0.29, 0.717) is 5.75 Å². The van der Waals surface area contributed by atoms with Crippen LogP contribution in [0, 0.1) is 5.41 Å². The van der Waals surface area contributed by atoms with Gasteiger partial charge in [-0.2, -0.15) is 0 Å². The molecule has 7 nitrogen and oxygen atoms in total. The van der Waals surface area contributed by atoms with E-state index in [2.05, 4.69) is 0 Å². The Bertz CT molecular complexity index is 797. The lowest BCUT2D eigenvalue weighted by Crippen LogP contribution is -2.64. The first kappa shape index (κ1) is 15.9. The summed E-state index contributed by atoms with van der Waals surface area (Å²) >= 11 is 0. The summed E-state index contributed by atoms with van der Waals surface area (Å²) < 4.78 is 10.8. The van der Waals surface area contributed by atoms with E-state index in [1.807, 2.05) is 30.3 Å². The zero-order valence-electron chi connectivity index (χ0n) is 13.1. The SMILES string of the molecule is COc1ccc2cc(OCC3(C(=O)O)CN(C(=O)O)C3)ccc2c1. The minimum atomic E-state index is -1.19. The third kappa shape index (κ3) is 2.80. The smallest absolute Gasteiger partial charge is 0.407 e. The minimum absolute atomic E-state index is 0.0670. The third-order valence-electron chi connectivity index (χ3n) is 4.25. The lowest BCUT2D eigenvalue weighted by atomic mass is 9.81. The summed E-state index contributed by atoms with van der Waals surface area (Å²) in [6, 6.07) is 11.1. The molecule has 2 aromatic carbocycles. The molecule has 126 valence electrons. The van der Waals surface area contributed by atoms with E-state index in [-0.39, 0.29) is 19.7 Å². The fourth-order valence-electron chi connectivity index (χ4n) is 2.75. The van der Waals surface area contributed by atoms with Crippen LogP contribution in [0.15, 0.2) is 36.4 Å². The van der Waals surface area contributed by atoms with E-state index in [0.717, 1.165) is 21.4 Å². The molecule has 7 heteroatoms. The zero-order valence-corrected chi connectivity index (χ0v) is 13.1. The molecule has 0 spiro atoms. The molecular weight excluding hydrogens is 314 g/mol. The van der Waals surface area contributed by atoms with Gasteiger partial charge in [-0.15, -0.1) is 0 Å². The van der Waals surface area contributed by atoms with Gasteiger partial charge in [0.2, 0.25) is 0 Å². The number of methoxy groups -OCH3 is 1. The van der Waals surface area contributed by atoms with Gasteiger partial charge in [-0.1, -0.05) is 12.1 Å². The van der Waals surface area contributed by atoms with Crippen molar-refractivity contribution in [3.8, 4) is 11.5 Å². The second-order valence-electron chi connectivity index (χ2n) is 5.89. The lowest BCUT2D eigenvalue weighted by molar-refractivity contribution is -0.161. The maximum Gasteiger partial charge on any atom is 0.407 e. The first-order chi connectivity index (χ1) is 11.4. The Morgan fingerprint density at radius 1 is 1.08 bits per heavy atom. The Morgan fingerprint density at radius 3 is 2.21 bits per heavy atom. The number of carboxylic acid groups (broad SMARTS) is 2. The van der Waals surface area contributed by atoms with Crippen molar-refractivity contribution in [3.05, 3.63) is 36.4 Å². The number of carboxylic acids is 1. The van der Waals surface area contributed by atoms with Gasteiger partial charge >= 0.3 is 12.1 Å². The van der Waals surface area contributed by atoms with E-state index < -0.39 is 17.5 Å². The molecule has 0 bridgehead atoms. The number of fused-ring (bicyclic) bond motifs is 1. The Hall–Kier alpha value is -2.96. The summed E-state index contributed by atoms with van der Waals surface area (Å²) in [6.45, 7) is -0.210. The van der Waals surface area contributed by atoms with Gasteiger partial charge in [0.05, 0.1) is 7.11 Å². The lowest BCUT2D eigenvalue weighted by Gasteiger charge is -2.44. The van der Waals surface area contributed by atoms with Crippen LogP contribution in [0.3, 0.4) is 0 Å². The van der Waals surface area contributed by atoms with Gasteiger partial charge in [-0.3, -0.25) is 4.79 Å². The predicted octanol–water partition coefficient (Wildman–Crippen LogP) is 2.29. The molecule has 24 heavy (non-hydrogen) atoms. The van der Waals surface area contributed by atoms with Gasteiger partial charge in [0.1, 0.15) is 23.5 Å². The molecule has 0 unspecified atom stereocenters. The van der Waals surface area contributed by atoms with Crippen LogP contribution in [0.25, 0.3) is 10.8 Å². The molecular formula is C17H17NO6. The van der Waals surface area contributed by atoms with Crippen molar-refractivity contribution in [3.63, 3.8) is 0 Å². The number of rotatable bonds is 5. The molecule has 1 aliphatic rings. The van der Waals surface area contributed by atoms with Crippen LogP contribution in [0.1, 0.15) is 0 Å². The predicted molar refractivity (Wildman–Crippen MR) is 85.7 cm³/mol. The van der Waals surface area contributed by atoms with Crippen molar-refractivity contribution in [1.29, 1.82) is 0 Å². The highest BCUT2D eigenvalue weighted by atomic mass is 16.5. The number of ether oxygens (including phenoxy) is 2. The van der Waals surface area contributed by atoms with Crippen LogP contribution >= 0.6 is 0 Å². The van der Waals surface area contributed by atoms with Crippen LogP contribution in [0.5, 0.6) is 11.5 Å². The Morgan fingerprint density at radius 2 is 1.67 bits per heavy atom. The third-order valence-corrected chi connectivity index (χ3v) is 4.25. The van der Waals surface area contributed by atoms with Crippen molar-refractivity contribution in [2.45, 2.75) is 0 Å². The monoisotopic (exact) mass is 331 g/mol. The number of hydrogen-bond donors (Lipinski definition) is 2. The minimum Gasteiger partial charge on any atom is -0.497 e. The zero-order chi connectivity index (χ0) is 17.3. The number of amides is 1. The van der Waals surface area contributed by atoms with Gasteiger partial charge < -0.3 is 24.6 Å². The first-order valence-corrected chi connectivity index (χ1v) is 7.35. The number of carbonyl (C=O) groups is 2. The quantitative estimate of drug-likeness (QED) is 0.872. The highest BCUT2D eigenvalue weighted by Gasteiger charge is 2.52. The Balaban J connectivity index is 1.73. The molecule has 0 aromatic heterocycles. The largest absolute Gasteiger partial charge is 0.497 e. The summed E-state index contributed by atoms with van der Waals surface area (Å²) in [6.07, 6.45) is -1.12. The summed E-state index contributed by atoms with van der Waals surface area (Å²) in [5, 5.41) is 20.2. The Kier molecular flexibility index (Phi) is 3.92. The highest BCUT2D eigenvalue weighted by Crippen LogP contribution is 2.32. The number of likely N-dealkylation sites (tertiary alicyclic amines) is 1. The molecule has 1 fully saturated rings. The maximum atomic E-state index is 11.5. The van der Waals surface area contributed by atoms with Crippen LogP contribution < -0.4 is 9.47 Å². The maximum absolute atomic E-state index is 11.5. The van der Waals surface area contributed by atoms with Crippen LogP contribution in [-0.4, -0.2) is 54.0 Å². The van der Waals surface area contributed by atoms with Crippen molar-refractivity contribution in [1.82, 2.24) is 4.90 Å². The van der Waals surface area contributed by atoms with Crippen LogP contribution in [-0.2, 0) is 4.79 Å². The van der Waals surface area contributed by atoms with Crippen molar-refractivity contribution in [2.75, 3.05) is 26.8 Å². The number of nitrogens with zero attached hydrogens (tertiary/aromatic N) is 1. The first-order valence-electron chi connectivity index (χ1n) is 7.35. The fraction of sp³-hybridized carbons (Fsp3) is 0.294. The average molecular weight is 331 g/mol. The second kappa shape index (κ2) is 5.92. The van der Waals surface area contributed by atoms with Gasteiger partial charge in [0, 0.05) is 13.1 Å². The summed E-state index contributed by atoms with van der Waals surface area (Å²) in [5.74, 6) is 0.247. The van der Waals surface area contributed by atoms with Crippen LogP contribution in [0.2, 0.25) is 0 Å². The van der Waals surface area contributed by atoms with E-state index in [4.69, 9.17) is 14.6 Å². The number of benzene rings is 2. The molecule has 0 radical (unpaired) electrons. The van der Waals surface area contributed by atoms with Crippen molar-refractivity contribution in [2.24, 2.45) is 5.41 Å². The van der Waals surface area contributed by atoms with Gasteiger partial charge in [-0.05, 0) is 35.0 Å². The average Bonchev–Trinajstić information content (AvgIpc) is 2.52. The molecule has 1 aliphatic heterocycles. The second-order valence-corrected chi connectivity index (χ2v) is 5.89. The van der Waals surface area contributed by atoms with Gasteiger partial charge in [0.25, 0.3) is 0 Å². The summed E-state index contributed by atoms with van der Waals surface area (Å²) in [4.78, 5) is 23.4. The molecule has 2 N–H and O–H groups in total. The number of hydrogen-bond acceptors (Lipinski definition) is 4. The van der Waals surface area contributed by atoms with Gasteiger partial charge in [0.15, 0.2) is 0 Å². The van der Waals surface area contributed by atoms with Crippen LogP contribution in [0.4, 0.5) is 4.79 Å². The normalized spacial score (nSPS) is 15.6. The summed E-state index contributed by atoms with van der Waals surface area (Å²) in [7, 11) is 1.60. The van der Waals surface area contributed by atoms with E-state index in [1.165, 1.54) is 0 Å². The number of aliphatic carboxylic acids is 1. The van der Waals surface area contributed by atoms with Crippen molar-refractivity contribution < 1.29 is 29.3 Å². The molecule has 1 amide bonds. The van der Waals surface area contributed by atoms with E-state index >= 15 is 0 Å².